The Bertz CT molecular complexity index is 3350. The fourth-order valence-corrected chi connectivity index (χ4v) is 9.57. The SMILES string of the molecule is CC(C)c1cc(C(C)C)c(-c2cc(Oc3ccc4c5ccccc5n(-c5cc(C(C)(C)C)ccn5)c4c3)cc(-n3[c-][n+](-c4cc(-c5ccccc5)cc(-c5ccccc5)c4)cc3)c2)c(C(C)C)c1. The summed E-state index contributed by atoms with van der Waals surface area (Å²) in [5.41, 5.74) is 16.4. The summed E-state index contributed by atoms with van der Waals surface area (Å²) in [7, 11) is 0. The van der Waals surface area contributed by atoms with Crippen molar-refractivity contribution in [1.82, 2.24) is 14.1 Å². The van der Waals surface area contributed by atoms with Gasteiger partial charge >= 0.3 is 0 Å². The van der Waals surface area contributed by atoms with Crippen LogP contribution in [0.3, 0.4) is 0 Å². The van der Waals surface area contributed by atoms with Crippen LogP contribution in [0.5, 0.6) is 11.5 Å². The Morgan fingerprint density at radius 1 is 0.544 bits per heavy atom. The Labute approximate surface area is 402 Å². The third-order valence-electron chi connectivity index (χ3n) is 13.3. The zero-order chi connectivity index (χ0) is 47.3. The van der Waals surface area contributed by atoms with Crippen LogP contribution in [-0.4, -0.2) is 14.1 Å². The average molecular weight is 889 g/mol. The van der Waals surface area contributed by atoms with E-state index >= 15 is 0 Å². The molecule has 0 unspecified atom stereocenters. The van der Waals surface area contributed by atoms with Gasteiger partial charge in [0.1, 0.15) is 17.3 Å². The normalized spacial score (nSPS) is 12.0. The van der Waals surface area contributed by atoms with E-state index in [1.807, 2.05) is 6.20 Å². The summed E-state index contributed by atoms with van der Waals surface area (Å²) in [6, 6.07) is 58.9. The number of para-hydroxylation sites is 1. The average Bonchev–Trinajstić information content (AvgIpc) is 3.97. The molecule has 10 rings (SSSR count). The lowest BCUT2D eigenvalue weighted by Crippen LogP contribution is -2.28. The molecule has 0 aliphatic heterocycles. The third kappa shape index (κ3) is 8.65. The molecule has 0 aliphatic carbocycles. The van der Waals surface area contributed by atoms with Gasteiger partial charge in [0.05, 0.1) is 22.4 Å². The summed E-state index contributed by atoms with van der Waals surface area (Å²) in [6.07, 6.45) is 9.84. The van der Waals surface area contributed by atoms with Gasteiger partial charge in [0, 0.05) is 35.4 Å². The van der Waals surface area contributed by atoms with Crippen molar-refractivity contribution in [3.05, 3.63) is 211 Å². The molecule has 0 fully saturated rings. The fraction of sp³-hybridized carbons (Fsp3) is 0.206. The van der Waals surface area contributed by atoms with E-state index in [0.717, 1.165) is 61.8 Å². The predicted molar refractivity (Wildman–Crippen MR) is 282 cm³/mol. The maximum atomic E-state index is 7.09. The van der Waals surface area contributed by atoms with E-state index < -0.39 is 0 Å². The number of fused-ring (bicyclic) bond motifs is 3. The van der Waals surface area contributed by atoms with Gasteiger partial charge in [-0.1, -0.05) is 153 Å². The number of imidazole rings is 1. The van der Waals surface area contributed by atoms with Gasteiger partial charge in [0.25, 0.3) is 6.33 Å². The summed E-state index contributed by atoms with van der Waals surface area (Å²) in [6.45, 7) is 20.6. The number of hydrogen-bond acceptors (Lipinski definition) is 2. The lowest BCUT2D eigenvalue weighted by Gasteiger charge is -2.24. The molecular weight excluding hydrogens is 829 g/mol. The second-order valence-corrected chi connectivity index (χ2v) is 20.2. The van der Waals surface area contributed by atoms with Gasteiger partial charge in [-0.2, -0.15) is 0 Å². The summed E-state index contributed by atoms with van der Waals surface area (Å²) in [5, 5.41) is 2.33. The number of aromatic nitrogens is 4. The van der Waals surface area contributed by atoms with Crippen LogP contribution in [0.2, 0.25) is 0 Å². The monoisotopic (exact) mass is 888 g/mol. The Morgan fingerprint density at radius 2 is 1.18 bits per heavy atom. The molecule has 10 aromatic rings. The molecular formula is C63H60N4O. The number of benzene rings is 7. The molecule has 5 heteroatoms. The molecule has 0 bridgehead atoms. The Balaban J connectivity index is 1.14. The van der Waals surface area contributed by atoms with Crippen molar-refractivity contribution in [1.29, 1.82) is 0 Å². The van der Waals surface area contributed by atoms with Gasteiger partial charge < -0.3 is 4.74 Å². The molecule has 5 nitrogen and oxygen atoms in total. The van der Waals surface area contributed by atoms with Gasteiger partial charge in [-0.15, -0.1) is 0 Å². The first-order chi connectivity index (χ1) is 32.8. The van der Waals surface area contributed by atoms with Crippen LogP contribution in [0.25, 0.3) is 72.4 Å². The van der Waals surface area contributed by atoms with E-state index in [1.54, 1.807) is 0 Å². The number of ether oxygens (including phenoxy) is 1. The van der Waals surface area contributed by atoms with Gasteiger partial charge in [-0.25, -0.2) is 4.98 Å². The molecule has 0 saturated carbocycles. The molecule has 0 aliphatic rings. The smallest absolute Gasteiger partial charge is 0.268 e. The van der Waals surface area contributed by atoms with Crippen LogP contribution in [0.15, 0.2) is 182 Å². The summed E-state index contributed by atoms with van der Waals surface area (Å²) in [5.74, 6) is 3.40. The highest BCUT2D eigenvalue weighted by Crippen LogP contribution is 2.42. The van der Waals surface area contributed by atoms with Crippen LogP contribution in [0.4, 0.5) is 0 Å². The summed E-state index contributed by atoms with van der Waals surface area (Å²) >= 11 is 0. The van der Waals surface area contributed by atoms with Crippen molar-refractivity contribution in [3.8, 4) is 62.1 Å². The second-order valence-electron chi connectivity index (χ2n) is 20.2. The van der Waals surface area contributed by atoms with Crippen LogP contribution in [0.1, 0.15) is 102 Å². The first-order valence-electron chi connectivity index (χ1n) is 24.1. The van der Waals surface area contributed by atoms with E-state index in [9.17, 15) is 0 Å². The number of rotatable bonds is 11. The topological polar surface area (TPSA) is 35.9 Å². The lowest BCUT2D eigenvalue weighted by molar-refractivity contribution is -0.599. The van der Waals surface area contributed by atoms with E-state index in [4.69, 9.17) is 9.72 Å². The molecule has 0 radical (unpaired) electrons. The molecule has 0 N–H and O–H groups in total. The van der Waals surface area contributed by atoms with E-state index in [1.165, 1.54) is 44.3 Å². The highest BCUT2D eigenvalue weighted by atomic mass is 16.5. The van der Waals surface area contributed by atoms with E-state index in [-0.39, 0.29) is 5.41 Å². The maximum absolute atomic E-state index is 7.09. The zero-order valence-corrected chi connectivity index (χ0v) is 40.7. The molecule has 3 aromatic heterocycles. The number of pyridine rings is 1. The minimum Gasteiger partial charge on any atom is -0.458 e. The molecule has 0 amide bonds. The molecule has 0 saturated heterocycles. The standard InChI is InChI=1S/C63H60N4O/c1-41(2)46-35-57(42(3)4)62(58(36-46)43(5)6)49-33-52(66-29-28-65(40-66)51-31-47(44-18-12-10-13-19-44)30-48(32-51)45-20-14-11-15-21-45)38-54(34-49)68-53-24-25-56-55-22-16-17-23-59(55)67(60(56)39-53)61-37-50(26-27-64-61)63(7,8)9/h10-39,41-43H,1-9H3. The summed E-state index contributed by atoms with van der Waals surface area (Å²) < 4.78 is 13.6. The van der Waals surface area contributed by atoms with Crippen LogP contribution in [0, 0.1) is 6.33 Å². The number of hydrogen-bond donors (Lipinski definition) is 0. The van der Waals surface area contributed by atoms with Crippen molar-refractivity contribution < 1.29 is 9.30 Å². The van der Waals surface area contributed by atoms with Crippen molar-refractivity contribution in [2.45, 2.75) is 85.5 Å². The molecule has 0 atom stereocenters. The highest BCUT2D eigenvalue weighted by Gasteiger charge is 2.22. The minimum absolute atomic E-state index is 0.0266. The maximum Gasteiger partial charge on any atom is 0.268 e. The Hall–Kier alpha value is -7.50. The Kier molecular flexibility index (Phi) is 11.7. The van der Waals surface area contributed by atoms with Gasteiger partial charge in [-0.3, -0.25) is 13.7 Å². The van der Waals surface area contributed by atoms with Crippen molar-refractivity contribution in [2.75, 3.05) is 0 Å². The summed E-state index contributed by atoms with van der Waals surface area (Å²) in [4.78, 5) is 4.94. The van der Waals surface area contributed by atoms with E-state index in [0.29, 0.717) is 17.8 Å². The Morgan fingerprint density at radius 3 is 1.81 bits per heavy atom. The minimum atomic E-state index is -0.0266. The number of nitrogens with zero attached hydrogens (tertiary/aromatic N) is 4. The molecule has 68 heavy (non-hydrogen) atoms. The van der Waals surface area contributed by atoms with Gasteiger partial charge in [0.15, 0.2) is 0 Å². The van der Waals surface area contributed by atoms with E-state index in [2.05, 4.69) is 259 Å². The molecule has 0 spiro atoms. The van der Waals surface area contributed by atoms with Crippen molar-refractivity contribution >= 4 is 21.8 Å². The second kappa shape index (κ2) is 18.0. The highest BCUT2D eigenvalue weighted by molar-refractivity contribution is 6.09. The first-order valence-corrected chi connectivity index (χ1v) is 24.1. The zero-order valence-electron chi connectivity index (χ0n) is 40.7. The van der Waals surface area contributed by atoms with Gasteiger partial charge in [0.2, 0.25) is 0 Å². The van der Waals surface area contributed by atoms with Crippen LogP contribution < -0.4 is 9.30 Å². The molecule has 7 aromatic carbocycles. The molecule has 338 valence electrons. The van der Waals surface area contributed by atoms with Crippen LogP contribution >= 0.6 is 0 Å². The largest absolute Gasteiger partial charge is 0.458 e. The fourth-order valence-electron chi connectivity index (χ4n) is 9.57. The van der Waals surface area contributed by atoms with Gasteiger partial charge in [-0.05, 0) is 146 Å². The van der Waals surface area contributed by atoms with Crippen molar-refractivity contribution in [2.24, 2.45) is 0 Å². The first kappa shape index (κ1) is 44.3. The third-order valence-corrected chi connectivity index (χ3v) is 13.3. The quantitative estimate of drug-likeness (QED) is 0.0958. The predicted octanol–water partition coefficient (Wildman–Crippen LogP) is 16.5. The lowest BCUT2D eigenvalue weighted by atomic mass is 9.81. The van der Waals surface area contributed by atoms with Crippen LogP contribution in [-0.2, 0) is 5.41 Å². The van der Waals surface area contributed by atoms with Crippen molar-refractivity contribution in [3.63, 3.8) is 0 Å². The molecule has 3 heterocycles.